The molecular weight excluding hydrogens is 136 g/mol. The van der Waals surface area contributed by atoms with Crippen LogP contribution >= 0.6 is 0 Å². The van der Waals surface area contributed by atoms with Gasteiger partial charge < -0.3 is 9.26 Å². The molecular formula is C5H6N2O3. The lowest BCUT2D eigenvalue weighted by molar-refractivity contribution is -0.132. The lowest BCUT2D eigenvalue weighted by atomic mass is 10.8. The van der Waals surface area contributed by atoms with Gasteiger partial charge in [0.25, 0.3) is 0 Å². The Labute approximate surface area is 57.0 Å². The average molecular weight is 142 g/mol. The number of esters is 1. The fourth-order valence-electron chi connectivity index (χ4n) is 0.451. The van der Waals surface area contributed by atoms with Gasteiger partial charge in [-0.3, -0.25) is 4.79 Å². The summed E-state index contributed by atoms with van der Waals surface area (Å²) in [5.74, 6) is -0.0861. The van der Waals surface area contributed by atoms with E-state index >= 15 is 0 Å². The van der Waals surface area contributed by atoms with E-state index < -0.39 is 5.97 Å². The van der Waals surface area contributed by atoms with Crippen LogP contribution in [0.25, 0.3) is 0 Å². The van der Waals surface area contributed by atoms with Crippen LogP contribution in [0.15, 0.2) is 4.52 Å². The molecule has 54 valence electrons. The van der Waals surface area contributed by atoms with Gasteiger partial charge in [-0.05, 0) is 5.16 Å². The van der Waals surface area contributed by atoms with E-state index in [9.17, 15) is 4.79 Å². The summed E-state index contributed by atoms with van der Waals surface area (Å²) in [4.78, 5) is 13.9. The van der Waals surface area contributed by atoms with Crippen LogP contribution in [0.3, 0.4) is 0 Å². The van der Waals surface area contributed by atoms with Gasteiger partial charge in [-0.2, -0.15) is 4.98 Å². The first kappa shape index (κ1) is 6.73. The van der Waals surface area contributed by atoms with E-state index in [2.05, 4.69) is 19.4 Å². The molecule has 1 heterocycles. The van der Waals surface area contributed by atoms with E-state index in [4.69, 9.17) is 0 Å². The Morgan fingerprint density at radius 2 is 2.40 bits per heavy atom. The van der Waals surface area contributed by atoms with Gasteiger partial charge in [0, 0.05) is 13.8 Å². The van der Waals surface area contributed by atoms with Crippen LogP contribution in [0.5, 0.6) is 6.01 Å². The Kier molecular flexibility index (Phi) is 1.66. The Morgan fingerprint density at radius 3 is 2.80 bits per heavy atom. The summed E-state index contributed by atoms with van der Waals surface area (Å²) in [6.45, 7) is 2.88. The molecule has 0 aromatic carbocycles. The predicted molar refractivity (Wildman–Crippen MR) is 30.3 cm³/mol. The zero-order chi connectivity index (χ0) is 7.56. The summed E-state index contributed by atoms with van der Waals surface area (Å²) in [6.07, 6.45) is 0. The van der Waals surface area contributed by atoms with Gasteiger partial charge in [-0.15, -0.1) is 0 Å². The molecule has 5 nitrogen and oxygen atoms in total. The molecule has 1 rings (SSSR count). The van der Waals surface area contributed by atoms with Crippen molar-refractivity contribution in [1.29, 1.82) is 0 Å². The first-order chi connectivity index (χ1) is 4.68. The number of hydrogen-bond acceptors (Lipinski definition) is 5. The maximum Gasteiger partial charge on any atom is 0.362 e. The minimum absolute atomic E-state index is 0.0370. The zero-order valence-electron chi connectivity index (χ0n) is 5.62. The number of nitrogens with zero attached hydrogens (tertiary/aromatic N) is 2. The molecule has 5 heteroatoms. The van der Waals surface area contributed by atoms with Crippen molar-refractivity contribution >= 4 is 5.97 Å². The summed E-state index contributed by atoms with van der Waals surface area (Å²) in [5, 5.41) is 3.33. The molecule has 0 bridgehead atoms. The fraction of sp³-hybridized carbons (Fsp3) is 0.400. The van der Waals surface area contributed by atoms with Gasteiger partial charge in [-0.1, -0.05) is 0 Å². The lowest BCUT2D eigenvalue weighted by Crippen LogP contribution is -2.02. The Hall–Kier alpha value is -1.39. The third-order valence-electron chi connectivity index (χ3n) is 0.744. The van der Waals surface area contributed by atoms with Gasteiger partial charge in [0.05, 0.1) is 0 Å². The molecule has 0 spiro atoms. The van der Waals surface area contributed by atoms with Crippen LogP contribution in [0.2, 0.25) is 0 Å². The molecule has 1 aromatic rings. The SMILES string of the molecule is CC(=O)Oc1noc(C)n1. The smallest absolute Gasteiger partial charge is 0.362 e. The van der Waals surface area contributed by atoms with Crippen molar-refractivity contribution in [2.75, 3.05) is 0 Å². The molecule has 0 N–H and O–H groups in total. The number of carbonyl (C=O) groups is 1. The van der Waals surface area contributed by atoms with E-state index in [1.165, 1.54) is 6.92 Å². The number of aromatic nitrogens is 2. The third kappa shape index (κ3) is 1.54. The summed E-state index contributed by atoms with van der Waals surface area (Å²) in [6, 6.07) is -0.0370. The second-order valence-corrected chi connectivity index (χ2v) is 1.69. The summed E-state index contributed by atoms with van der Waals surface area (Å²) < 4.78 is 9.01. The van der Waals surface area contributed by atoms with Crippen LogP contribution in [-0.4, -0.2) is 16.1 Å². The largest absolute Gasteiger partial charge is 0.389 e. The molecule has 1 aromatic heterocycles. The maximum atomic E-state index is 10.3. The summed E-state index contributed by atoms with van der Waals surface area (Å²) in [5.41, 5.74) is 0. The fourth-order valence-corrected chi connectivity index (χ4v) is 0.451. The molecule has 0 saturated heterocycles. The normalized spacial score (nSPS) is 9.40. The van der Waals surface area contributed by atoms with E-state index in [1.54, 1.807) is 6.92 Å². The average Bonchev–Trinajstić information content (AvgIpc) is 2.13. The quantitative estimate of drug-likeness (QED) is 0.527. The van der Waals surface area contributed by atoms with E-state index in [0.717, 1.165) is 0 Å². The molecule has 0 amide bonds. The summed E-state index contributed by atoms with van der Waals surface area (Å²) >= 11 is 0. The molecule has 0 saturated carbocycles. The first-order valence-electron chi connectivity index (χ1n) is 2.67. The van der Waals surface area contributed by atoms with Crippen molar-refractivity contribution in [3.8, 4) is 6.01 Å². The highest BCUT2D eigenvalue weighted by atomic mass is 16.6. The van der Waals surface area contributed by atoms with Crippen molar-refractivity contribution in [3.63, 3.8) is 0 Å². The molecule has 0 fully saturated rings. The number of carbonyl (C=O) groups excluding carboxylic acids is 1. The number of rotatable bonds is 1. The lowest BCUT2D eigenvalue weighted by Gasteiger charge is -1.87. The highest BCUT2D eigenvalue weighted by Gasteiger charge is 2.04. The topological polar surface area (TPSA) is 65.2 Å². The second-order valence-electron chi connectivity index (χ2n) is 1.69. The number of aryl methyl sites for hydroxylation is 1. The van der Waals surface area contributed by atoms with Crippen molar-refractivity contribution in [2.24, 2.45) is 0 Å². The van der Waals surface area contributed by atoms with Crippen LogP contribution in [-0.2, 0) is 4.79 Å². The van der Waals surface area contributed by atoms with Gasteiger partial charge in [0.2, 0.25) is 5.89 Å². The van der Waals surface area contributed by atoms with Crippen LogP contribution in [0.4, 0.5) is 0 Å². The molecule has 0 atom stereocenters. The zero-order valence-corrected chi connectivity index (χ0v) is 5.62. The first-order valence-corrected chi connectivity index (χ1v) is 2.67. The standard InChI is InChI=1S/C5H6N2O3/c1-3-6-5(7-10-3)9-4(2)8/h1-2H3. The van der Waals surface area contributed by atoms with Crippen molar-refractivity contribution in [2.45, 2.75) is 13.8 Å². The molecule has 0 aliphatic carbocycles. The maximum absolute atomic E-state index is 10.3. The monoisotopic (exact) mass is 142 g/mol. The molecule has 0 radical (unpaired) electrons. The van der Waals surface area contributed by atoms with Crippen LogP contribution in [0.1, 0.15) is 12.8 Å². The minimum atomic E-state index is -0.458. The van der Waals surface area contributed by atoms with Crippen molar-refractivity contribution in [1.82, 2.24) is 10.1 Å². The number of ether oxygens (including phenoxy) is 1. The van der Waals surface area contributed by atoms with E-state index in [1.807, 2.05) is 0 Å². The van der Waals surface area contributed by atoms with Crippen LogP contribution in [0, 0.1) is 6.92 Å². The number of hydrogen-bond donors (Lipinski definition) is 0. The molecule has 10 heavy (non-hydrogen) atoms. The van der Waals surface area contributed by atoms with Gasteiger partial charge >= 0.3 is 12.0 Å². The molecule has 0 aliphatic rings. The highest BCUT2D eigenvalue weighted by Crippen LogP contribution is 2.02. The van der Waals surface area contributed by atoms with Crippen molar-refractivity contribution < 1.29 is 14.1 Å². The van der Waals surface area contributed by atoms with E-state index in [0.29, 0.717) is 5.89 Å². The predicted octanol–water partition coefficient (Wildman–Crippen LogP) is 0.303. The van der Waals surface area contributed by atoms with Crippen LogP contribution < -0.4 is 4.74 Å². The van der Waals surface area contributed by atoms with Gasteiger partial charge in [0.1, 0.15) is 0 Å². The summed E-state index contributed by atoms with van der Waals surface area (Å²) in [7, 11) is 0. The third-order valence-corrected chi connectivity index (χ3v) is 0.744. The second kappa shape index (κ2) is 2.47. The van der Waals surface area contributed by atoms with Gasteiger partial charge in [0.15, 0.2) is 0 Å². The molecule has 0 aliphatic heterocycles. The minimum Gasteiger partial charge on any atom is -0.389 e. The Bertz CT molecular complexity index is 243. The highest BCUT2D eigenvalue weighted by molar-refractivity contribution is 5.68. The van der Waals surface area contributed by atoms with Gasteiger partial charge in [-0.25, -0.2) is 0 Å². The Balaban J connectivity index is 2.67. The van der Waals surface area contributed by atoms with E-state index in [-0.39, 0.29) is 6.01 Å². The van der Waals surface area contributed by atoms with Crippen molar-refractivity contribution in [3.05, 3.63) is 5.89 Å². The Morgan fingerprint density at radius 1 is 1.70 bits per heavy atom. The molecule has 0 unspecified atom stereocenters.